The Balaban J connectivity index is 1.49. The molecule has 1 aliphatic rings. The lowest BCUT2D eigenvalue weighted by Gasteiger charge is -2.26. The van der Waals surface area contributed by atoms with Crippen molar-refractivity contribution in [3.8, 4) is 17.0 Å². The van der Waals surface area contributed by atoms with Crippen LogP contribution in [0.25, 0.3) is 11.3 Å². The zero-order chi connectivity index (χ0) is 21.0. The Labute approximate surface area is 179 Å². The van der Waals surface area contributed by atoms with Gasteiger partial charge in [-0.15, -0.1) is 11.3 Å². The minimum Gasteiger partial charge on any atom is -0.508 e. The summed E-state index contributed by atoms with van der Waals surface area (Å²) in [5, 5.41) is 16.1. The number of piperidine rings is 1. The first-order chi connectivity index (χ1) is 14.5. The molecule has 0 atom stereocenters. The average Bonchev–Trinajstić information content (AvgIpc) is 3.24. The first-order valence-corrected chi connectivity index (χ1v) is 12.0. The highest BCUT2D eigenvalue weighted by molar-refractivity contribution is 7.89. The van der Waals surface area contributed by atoms with Crippen LogP contribution in [0.5, 0.6) is 5.75 Å². The number of sulfonamides is 1. The SMILES string of the molecule is O=S(=O)(c1cccc(-c2csc(N/N=C/c3cccc(O)c3)n2)c1)N1CCCCC1. The maximum Gasteiger partial charge on any atom is 0.243 e. The van der Waals surface area contributed by atoms with Crippen LogP contribution in [0.4, 0.5) is 5.13 Å². The highest BCUT2D eigenvalue weighted by Gasteiger charge is 2.26. The number of thiazole rings is 1. The standard InChI is InChI=1S/C21H22N4O3S2/c26-18-8-4-6-16(12-18)14-22-24-21-23-20(15-29-21)17-7-5-9-19(13-17)30(27,28)25-10-2-1-3-11-25/h4-9,12-15,26H,1-3,10-11H2,(H,23,24)/b22-14+. The first-order valence-electron chi connectivity index (χ1n) is 9.67. The first kappa shape index (κ1) is 20.5. The number of phenols is 1. The summed E-state index contributed by atoms with van der Waals surface area (Å²) in [6.45, 7) is 1.16. The van der Waals surface area contributed by atoms with E-state index in [-0.39, 0.29) is 5.75 Å². The van der Waals surface area contributed by atoms with E-state index < -0.39 is 10.0 Å². The molecule has 0 unspecified atom stereocenters. The molecule has 1 aromatic heterocycles. The summed E-state index contributed by atoms with van der Waals surface area (Å²) >= 11 is 1.38. The van der Waals surface area contributed by atoms with Crippen molar-refractivity contribution in [2.75, 3.05) is 18.5 Å². The molecular formula is C21H22N4O3S2. The van der Waals surface area contributed by atoms with Gasteiger partial charge in [-0.25, -0.2) is 13.4 Å². The van der Waals surface area contributed by atoms with Gasteiger partial charge in [-0.1, -0.05) is 30.7 Å². The van der Waals surface area contributed by atoms with E-state index in [4.69, 9.17) is 0 Å². The number of aromatic hydroxyl groups is 1. The molecule has 156 valence electrons. The molecule has 0 amide bonds. The maximum atomic E-state index is 12.9. The number of aromatic nitrogens is 1. The predicted octanol–water partition coefficient (Wildman–Crippen LogP) is 4.14. The van der Waals surface area contributed by atoms with Gasteiger partial charge in [0.1, 0.15) is 5.75 Å². The van der Waals surface area contributed by atoms with Crippen LogP contribution in [0, 0.1) is 0 Å². The maximum absolute atomic E-state index is 12.9. The van der Waals surface area contributed by atoms with E-state index in [2.05, 4.69) is 15.5 Å². The van der Waals surface area contributed by atoms with Crippen LogP contribution in [0.1, 0.15) is 24.8 Å². The molecule has 3 aromatic rings. The average molecular weight is 443 g/mol. The van der Waals surface area contributed by atoms with E-state index in [9.17, 15) is 13.5 Å². The highest BCUT2D eigenvalue weighted by Crippen LogP contribution is 2.28. The molecule has 0 saturated carbocycles. The molecule has 0 spiro atoms. The summed E-state index contributed by atoms with van der Waals surface area (Å²) in [6.07, 6.45) is 4.48. The minimum atomic E-state index is -3.48. The third-order valence-corrected chi connectivity index (χ3v) is 7.47. The second kappa shape index (κ2) is 8.95. The van der Waals surface area contributed by atoms with Crippen molar-refractivity contribution in [3.63, 3.8) is 0 Å². The monoisotopic (exact) mass is 442 g/mol. The van der Waals surface area contributed by atoms with Gasteiger partial charge in [0.05, 0.1) is 16.8 Å². The highest BCUT2D eigenvalue weighted by atomic mass is 32.2. The fourth-order valence-corrected chi connectivity index (χ4v) is 5.53. The molecule has 0 bridgehead atoms. The van der Waals surface area contributed by atoms with Crippen molar-refractivity contribution in [2.45, 2.75) is 24.2 Å². The third kappa shape index (κ3) is 4.69. The van der Waals surface area contributed by atoms with E-state index in [1.165, 1.54) is 11.3 Å². The predicted molar refractivity (Wildman–Crippen MR) is 119 cm³/mol. The Kier molecular flexibility index (Phi) is 6.12. The summed E-state index contributed by atoms with van der Waals surface area (Å²) in [7, 11) is -3.48. The van der Waals surface area contributed by atoms with E-state index in [0.29, 0.717) is 28.8 Å². The van der Waals surface area contributed by atoms with Crippen molar-refractivity contribution in [3.05, 3.63) is 59.5 Å². The quantitative estimate of drug-likeness (QED) is 0.442. The molecule has 0 radical (unpaired) electrons. The molecule has 9 heteroatoms. The molecule has 30 heavy (non-hydrogen) atoms. The van der Waals surface area contributed by atoms with Crippen molar-refractivity contribution in [1.29, 1.82) is 0 Å². The van der Waals surface area contributed by atoms with Crippen LogP contribution >= 0.6 is 11.3 Å². The van der Waals surface area contributed by atoms with Crippen LogP contribution in [0.15, 0.2) is 63.9 Å². The number of hydrogen-bond donors (Lipinski definition) is 2. The molecule has 1 aliphatic heterocycles. The molecule has 7 nitrogen and oxygen atoms in total. The van der Waals surface area contributed by atoms with Crippen LogP contribution in [0.2, 0.25) is 0 Å². The normalized spacial score (nSPS) is 15.5. The second-order valence-electron chi connectivity index (χ2n) is 7.00. The Morgan fingerprint density at radius 1 is 1.10 bits per heavy atom. The zero-order valence-corrected chi connectivity index (χ0v) is 17.9. The number of hydrogen-bond acceptors (Lipinski definition) is 7. The van der Waals surface area contributed by atoms with Gasteiger partial charge in [0.25, 0.3) is 0 Å². The molecule has 2 aromatic carbocycles. The van der Waals surface area contributed by atoms with Gasteiger partial charge in [-0.2, -0.15) is 9.41 Å². The van der Waals surface area contributed by atoms with E-state index in [1.807, 2.05) is 17.5 Å². The summed E-state index contributed by atoms with van der Waals surface area (Å²) in [6, 6.07) is 13.7. The second-order valence-corrected chi connectivity index (χ2v) is 9.79. The number of benzene rings is 2. The number of nitrogens with one attached hydrogen (secondary N) is 1. The van der Waals surface area contributed by atoms with Gasteiger partial charge in [-0.05, 0) is 42.7 Å². The van der Waals surface area contributed by atoms with Gasteiger partial charge in [-0.3, -0.25) is 5.43 Å². The van der Waals surface area contributed by atoms with Gasteiger partial charge in [0.15, 0.2) is 0 Å². The molecule has 0 aliphatic carbocycles. The van der Waals surface area contributed by atoms with Gasteiger partial charge in [0.2, 0.25) is 15.2 Å². The fraction of sp³-hybridized carbons (Fsp3) is 0.238. The zero-order valence-electron chi connectivity index (χ0n) is 16.2. The lowest BCUT2D eigenvalue weighted by molar-refractivity contribution is 0.346. The number of phenolic OH excluding ortho intramolecular Hbond substituents is 1. The van der Waals surface area contributed by atoms with Crippen molar-refractivity contribution < 1.29 is 13.5 Å². The van der Waals surface area contributed by atoms with Gasteiger partial charge in [0, 0.05) is 24.0 Å². The largest absolute Gasteiger partial charge is 0.508 e. The van der Waals surface area contributed by atoms with Gasteiger partial charge < -0.3 is 5.11 Å². The topological polar surface area (TPSA) is 94.9 Å². The number of hydrazone groups is 1. The van der Waals surface area contributed by atoms with E-state index >= 15 is 0 Å². The minimum absolute atomic E-state index is 0.176. The molecule has 2 heterocycles. The van der Waals surface area contributed by atoms with Crippen LogP contribution < -0.4 is 5.43 Å². The Morgan fingerprint density at radius 3 is 2.70 bits per heavy atom. The van der Waals surface area contributed by atoms with Crippen LogP contribution in [-0.2, 0) is 10.0 Å². The Morgan fingerprint density at radius 2 is 1.90 bits per heavy atom. The molecule has 1 fully saturated rings. The van der Waals surface area contributed by atoms with Gasteiger partial charge >= 0.3 is 0 Å². The van der Waals surface area contributed by atoms with E-state index in [0.717, 1.165) is 30.4 Å². The molecule has 1 saturated heterocycles. The fourth-order valence-electron chi connectivity index (χ4n) is 3.30. The number of nitrogens with zero attached hydrogens (tertiary/aromatic N) is 3. The summed E-state index contributed by atoms with van der Waals surface area (Å²) < 4.78 is 27.4. The third-order valence-electron chi connectivity index (χ3n) is 4.83. The van der Waals surface area contributed by atoms with Crippen molar-refractivity contribution in [1.82, 2.24) is 9.29 Å². The summed E-state index contributed by atoms with van der Waals surface area (Å²) in [4.78, 5) is 4.80. The smallest absolute Gasteiger partial charge is 0.243 e. The number of anilines is 1. The molecular weight excluding hydrogens is 420 g/mol. The summed E-state index contributed by atoms with van der Waals surface area (Å²) in [5.74, 6) is 0.176. The number of rotatable bonds is 6. The van der Waals surface area contributed by atoms with E-state index in [1.54, 1.807) is 46.9 Å². The lowest BCUT2D eigenvalue weighted by atomic mass is 10.2. The molecule has 4 rings (SSSR count). The lowest BCUT2D eigenvalue weighted by Crippen LogP contribution is -2.35. The Hall–Kier alpha value is -2.75. The Bertz CT molecular complexity index is 1150. The van der Waals surface area contributed by atoms with Crippen molar-refractivity contribution >= 4 is 32.7 Å². The van der Waals surface area contributed by atoms with Crippen molar-refractivity contribution in [2.24, 2.45) is 5.10 Å². The molecule has 2 N–H and O–H groups in total. The summed E-state index contributed by atoms with van der Waals surface area (Å²) in [5.41, 5.74) is 5.06. The van der Waals surface area contributed by atoms with Crippen LogP contribution in [-0.4, -0.2) is 42.1 Å². The van der Waals surface area contributed by atoms with Crippen LogP contribution in [0.3, 0.4) is 0 Å².